The molecule has 9 heteroatoms. The highest BCUT2D eigenvalue weighted by Gasteiger charge is 2.18. The molecule has 2 heterocycles. The van der Waals surface area contributed by atoms with Crippen LogP contribution in [-0.2, 0) is 4.79 Å². The van der Waals surface area contributed by atoms with Crippen LogP contribution in [-0.4, -0.2) is 39.9 Å². The van der Waals surface area contributed by atoms with Gasteiger partial charge in [0.1, 0.15) is 0 Å². The number of hydrogen-bond acceptors (Lipinski definition) is 5. The van der Waals surface area contributed by atoms with Crippen molar-refractivity contribution in [3.8, 4) is 0 Å². The van der Waals surface area contributed by atoms with E-state index in [9.17, 15) is 9.59 Å². The van der Waals surface area contributed by atoms with Crippen LogP contribution in [0, 0.1) is 0 Å². The molecule has 1 aliphatic rings. The minimum atomic E-state index is -0.300. The molecule has 0 bridgehead atoms. The Balaban J connectivity index is 0.00000243. The standard InChI is InChI=1S/C17H22N6O2.ClH/c1-2-16(24)19-12-3-5-13(6-4-12)20-17(25)15-11-23(22-21-15)14-7-9-18-10-8-14;/h3-6,11,14,18H,2,7-10H2,1H3,(H,19,24)(H,20,25);1H. The number of rotatable bonds is 5. The lowest BCUT2D eigenvalue weighted by molar-refractivity contribution is -0.115. The van der Waals surface area contributed by atoms with E-state index in [-0.39, 0.29) is 30.3 Å². The van der Waals surface area contributed by atoms with Crippen molar-refractivity contribution in [3.63, 3.8) is 0 Å². The minimum absolute atomic E-state index is 0. The molecule has 0 saturated carbocycles. The predicted molar refractivity (Wildman–Crippen MR) is 102 cm³/mol. The van der Waals surface area contributed by atoms with Crippen LogP contribution in [0.1, 0.15) is 42.7 Å². The summed E-state index contributed by atoms with van der Waals surface area (Å²) in [7, 11) is 0. The number of hydrogen-bond donors (Lipinski definition) is 3. The van der Waals surface area contributed by atoms with E-state index in [0.717, 1.165) is 25.9 Å². The fourth-order valence-electron chi connectivity index (χ4n) is 2.71. The Hall–Kier alpha value is -2.45. The first kappa shape index (κ1) is 19.9. The van der Waals surface area contributed by atoms with E-state index in [1.54, 1.807) is 42.1 Å². The summed E-state index contributed by atoms with van der Waals surface area (Å²) in [6, 6.07) is 7.25. The summed E-state index contributed by atoms with van der Waals surface area (Å²) in [6.45, 7) is 3.70. The van der Waals surface area contributed by atoms with Gasteiger partial charge in [-0.25, -0.2) is 4.68 Å². The summed E-state index contributed by atoms with van der Waals surface area (Å²) < 4.78 is 1.78. The maximum atomic E-state index is 12.3. The van der Waals surface area contributed by atoms with Gasteiger partial charge < -0.3 is 16.0 Å². The first-order valence-corrected chi connectivity index (χ1v) is 8.49. The molecule has 1 fully saturated rings. The van der Waals surface area contributed by atoms with Crippen molar-refractivity contribution in [3.05, 3.63) is 36.2 Å². The van der Waals surface area contributed by atoms with Gasteiger partial charge in [-0.1, -0.05) is 12.1 Å². The molecule has 1 aromatic carbocycles. The topological polar surface area (TPSA) is 101 Å². The molecule has 8 nitrogen and oxygen atoms in total. The number of benzene rings is 1. The van der Waals surface area contributed by atoms with Crippen molar-refractivity contribution in [1.29, 1.82) is 0 Å². The zero-order valence-electron chi connectivity index (χ0n) is 14.6. The summed E-state index contributed by atoms with van der Waals surface area (Å²) in [6.07, 6.45) is 4.08. The average molecular weight is 379 g/mol. The molecule has 3 N–H and O–H groups in total. The SMILES string of the molecule is CCC(=O)Nc1ccc(NC(=O)c2cn(C3CCNCC3)nn2)cc1.Cl. The van der Waals surface area contributed by atoms with Gasteiger partial charge in [0.15, 0.2) is 5.69 Å². The van der Waals surface area contributed by atoms with Crippen LogP contribution in [0.15, 0.2) is 30.5 Å². The van der Waals surface area contributed by atoms with Gasteiger partial charge >= 0.3 is 0 Å². The Kier molecular flexibility index (Phi) is 7.11. The predicted octanol–water partition coefficient (Wildman–Crippen LogP) is 2.23. The number of carbonyl (C=O) groups is 2. The van der Waals surface area contributed by atoms with Gasteiger partial charge in [-0.05, 0) is 50.2 Å². The van der Waals surface area contributed by atoms with Crippen LogP contribution in [0.5, 0.6) is 0 Å². The second-order valence-corrected chi connectivity index (χ2v) is 6.00. The molecule has 0 spiro atoms. The zero-order chi connectivity index (χ0) is 17.6. The fraction of sp³-hybridized carbons (Fsp3) is 0.412. The zero-order valence-corrected chi connectivity index (χ0v) is 15.4. The normalized spacial score (nSPS) is 14.3. The van der Waals surface area contributed by atoms with Gasteiger partial charge in [0, 0.05) is 17.8 Å². The lowest BCUT2D eigenvalue weighted by Crippen LogP contribution is -2.29. The van der Waals surface area contributed by atoms with Crippen molar-refractivity contribution >= 4 is 35.6 Å². The third-order valence-electron chi connectivity index (χ3n) is 4.17. The van der Waals surface area contributed by atoms with Crippen molar-refractivity contribution in [2.24, 2.45) is 0 Å². The van der Waals surface area contributed by atoms with Gasteiger partial charge in [0.05, 0.1) is 12.2 Å². The summed E-state index contributed by atoms with van der Waals surface area (Å²) in [4.78, 5) is 23.7. The van der Waals surface area contributed by atoms with Crippen molar-refractivity contribution in [2.75, 3.05) is 23.7 Å². The smallest absolute Gasteiger partial charge is 0.277 e. The van der Waals surface area contributed by atoms with Crippen LogP contribution >= 0.6 is 12.4 Å². The van der Waals surface area contributed by atoms with Crippen molar-refractivity contribution < 1.29 is 9.59 Å². The molecule has 1 aliphatic heterocycles. The van der Waals surface area contributed by atoms with Crippen LogP contribution < -0.4 is 16.0 Å². The third kappa shape index (κ3) is 5.03. The van der Waals surface area contributed by atoms with Crippen LogP contribution in [0.2, 0.25) is 0 Å². The van der Waals surface area contributed by atoms with Crippen molar-refractivity contribution in [1.82, 2.24) is 20.3 Å². The van der Waals surface area contributed by atoms with Gasteiger partial charge in [-0.2, -0.15) is 0 Å². The largest absolute Gasteiger partial charge is 0.326 e. The van der Waals surface area contributed by atoms with E-state index < -0.39 is 0 Å². The molecule has 0 atom stereocenters. The maximum absolute atomic E-state index is 12.3. The van der Waals surface area contributed by atoms with Gasteiger partial charge in [0.25, 0.3) is 5.91 Å². The van der Waals surface area contributed by atoms with E-state index >= 15 is 0 Å². The van der Waals surface area contributed by atoms with Gasteiger partial charge in [-0.3, -0.25) is 9.59 Å². The van der Waals surface area contributed by atoms with Crippen LogP contribution in [0.25, 0.3) is 0 Å². The van der Waals surface area contributed by atoms with Gasteiger partial charge in [-0.15, -0.1) is 17.5 Å². The molecule has 3 rings (SSSR count). The van der Waals surface area contributed by atoms with Crippen LogP contribution in [0.3, 0.4) is 0 Å². The summed E-state index contributed by atoms with van der Waals surface area (Å²) in [5, 5.41) is 16.9. The Bertz CT molecular complexity index is 740. The number of amides is 2. The van der Waals surface area contributed by atoms with Crippen LogP contribution in [0.4, 0.5) is 11.4 Å². The Morgan fingerprint density at radius 1 is 1.15 bits per heavy atom. The quantitative estimate of drug-likeness (QED) is 0.740. The highest BCUT2D eigenvalue weighted by Crippen LogP contribution is 2.18. The molecule has 1 aromatic heterocycles. The first-order chi connectivity index (χ1) is 12.2. The number of nitrogens with one attached hydrogen (secondary N) is 3. The summed E-state index contributed by atoms with van der Waals surface area (Å²) in [5.74, 6) is -0.350. The van der Waals surface area contributed by atoms with Gasteiger partial charge in [0.2, 0.25) is 5.91 Å². The highest BCUT2D eigenvalue weighted by molar-refractivity contribution is 6.02. The van der Waals surface area contributed by atoms with E-state index in [4.69, 9.17) is 0 Å². The number of anilines is 2. The first-order valence-electron chi connectivity index (χ1n) is 8.49. The maximum Gasteiger partial charge on any atom is 0.277 e. The average Bonchev–Trinajstić information content (AvgIpc) is 3.14. The third-order valence-corrected chi connectivity index (χ3v) is 4.17. The Morgan fingerprint density at radius 2 is 1.77 bits per heavy atom. The van der Waals surface area contributed by atoms with E-state index in [1.807, 2.05) is 0 Å². The minimum Gasteiger partial charge on any atom is -0.326 e. The molecule has 0 radical (unpaired) electrons. The molecule has 26 heavy (non-hydrogen) atoms. The van der Waals surface area contributed by atoms with E-state index in [0.29, 0.717) is 23.5 Å². The second kappa shape index (κ2) is 9.30. The number of nitrogens with zero attached hydrogens (tertiary/aromatic N) is 3. The molecule has 2 aromatic rings. The molecule has 1 saturated heterocycles. The fourth-order valence-corrected chi connectivity index (χ4v) is 2.71. The molecule has 0 unspecified atom stereocenters. The number of piperidine rings is 1. The second-order valence-electron chi connectivity index (χ2n) is 6.00. The Labute approximate surface area is 158 Å². The lowest BCUT2D eigenvalue weighted by atomic mass is 10.1. The summed E-state index contributed by atoms with van der Waals surface area (Å²) >= 11 is 0. The molecular formula is C17H23ClN6O2. The molecule has 140 valence electrons. The lowest BCUT2D eigenvalue weighted by Gasteiger charge is -2.22. The van der Waals surface area contributed by atoms with E-state index in [2.05, 4.69) is 26.3 Å². The number of aromatic nitrogens is 3. The number of halogens is 1. The molecule has 2 amide bonds. The summed E-state index contributed by atoms with van der Waals surface area (Å²) in [5.41, 5.74) is 1.62. The van der Waals surface area contributed by atoms with E-state index in [1.165, 1.54) is 0 Å². The number of carbonyl (C=O) groups excluding carboxylic acids is 2. The highest BCUT2D eigenvalue weighted by atomic mass is 35.5. The Morgan fingerprint density at radius 3 is 2.38 bits per heavy atom. The monoisotopic (exact) mass is 378 g/mol. The van der Waals surface area contributed by atoms with Crippen molar-refractivity contribution in [2.45, 2.75) is 32.2 Å². The molecular weight excluding hydrogens is 356 g/mol. The molecule has 0 aliphatic carbocycles.